The van der Waals surface area contributed by atoms with Crippen molar-refractivity contribution in [2.75, 3.05) is 11.1 Å². The van der Waals surface area contributed by atoms with Gasteiger partial charge in [0.2, 0.25) is 5.91 Å². The lowest BCUT2D eigenvalue weighted by Gasteiger charge is -2.08. The molecule has 32 heavy (non-hydrogen) atoms. The van der Waals surface area contributed by atoms with Gasteiger partial charge in [-0.15, -0.1) is 28.5 Å². The van der Waals surface area contributed by atoms with Crippen LogP contribution < -0.4 is 5.32 Å². The van der Waals surface area contributed by atoms with Crippen molar-refractivity contribution in [3.63, 3.8) is 0 Å². The first-order valence-electron chi connectivity index (χ1n) is 9.48. The largest absolute Gasteiger partial charge is 0.325 e. The van der Waals surface area contributed by atoms with E-state index in [1.54, 1.807) is 30.0 Å². The van der Waals surface area contributed by atoms with Gasteiger partial charge in [-0.3, -0.25) is 14.9 Å². The van der Waals surface area contributed by atoms with E-state index < -0.39 is 4.92 Å². The number of non-ortho nitro benzene ring substituents is 1. The van der Waals surface area contributed by atoms with E-state index in [0.717, 1.165) is 11.4 Å². The summed E-state index contributed by atoms with van der Waals surface area (Å²) in [5.41, 5.74) is 1.45. The maximum atomic E-state index is 13.0. The lowest BCUT2D eigenvalue weighted by molar-refractivity contribution is -0.384. The normalized spacial score (nSPS) is 10.7. The first-order valence-corrected chi connectivity index (χ1v) is 11.6. The number of hydrogen-bond acceptors (Lipinski definition) is 7. The van der Waals surface area contributed by atoms with Crippen molar-refractivity contribution in [3.8, 4) is 0 Å². The number of anilines is 1. The molecule has 0 spiro atoms. The minimum atomic E-state index is -0.497. The molecule has 1 heterocycles. The molecular weight excluding hydrogens is 453 g/mol. The van der Waals surface area contributed by atoms with Gasteiger partial charge in [0.25, 0.3) is 5.69 Å². The number of nitrogens with zero attached hydrogens (tertiary/aromatic N) is 4. The molecule has 0 aliphatic carbocycles. The Morgan fingerprint density at radius 3 is 2.53 bits per heavy atom. The van der Waals surface area contributed by atoms with Crippen molar-refractivity contribution in [2.24, 2.45) is 0 Å². The van der Waals surface area contributed by atoms with E-state index >= 15 is 0 Å². The van der Waals surface area contributed by atoms with E-state index in [1.165, 1.54) is 48.2 Å². The SMILES string of the molecule is C=CCn1c(CSCc2ccc(F)cc2)nnc1SCC(=O)Nc1ccc([N+](=O)[O-])cc1. The molecule has 3 aromatic rings. The molecule has 0 fully saturated rings. The van der Waals surface area contributed by atoms with Crippen LogP contribution in [0.5, 0.6) is 0 Å². The minimum Gasteiger partial charge on any atom is -0.325 e. The fourth-order valence-electron chi connectivity index (χ4n) is 2.68. The van der Waals surface area contributed by atoms with Crippen LogP contribution in [0.2, 0.25) is 0 Å². The topological polar surface area (TPSA) is 103 Å². The molecule has 1 aromatic heterocycles. The maximum absolute atomic E-state index is 13.0. The molecule has 8 nitrogen and oxygen atoms in total. The summed E-state index contributed by atoms with van der Waals surface area (Å²) in [7, 11) is 0. The van der Waals surface area contributed by atoms with Crippen molar-refractivity contribution in [2.45, 2.75) is 23.2 Å². The number of allylic oxidation sites excluding steroid dienone is 1. The third-order valence-electron chi connectivity index (χ3n) is 4.21. The van der Waals surface area contributed by atoms with Gasteiger partial charge in [0.15, 0.2) is 5.16 Å². The number of thioether (sulfide) groups is 2. The van der Waals surface area contributed by atoms with Crippen molar-refractivity contribution >= 4 is 40.8 Å². The number of rotatable bonds is 11. The molecule has 0 atom stereocenters. The number of hydrogen-bond donors (Lipinski definition) is 1. The zero-order valence-corrected chi connectivity index (χ0v) is 18.6. The Balaban J connectivity index is 1.54. The van der Waals surface area contributed by atoms with E-state index in [4.69, 9.17) is 0 Å². The van der Waals surface area contributed by atoms with Crippen molar-refractivity contribution < 1.29 is 14.1 Å². The van der Waals surface area contributed by atoms with E-state index in [0.29, 0.717) is 28.9 Å². The predicted molar refractivity (Wildman–Crippen MR) is 124 cm³/mol. The van der Waals surface area contributed by atoms with Crippen molar-refractivity contribution in [3.05, 3.63) is 88.5 Å². The van der Waals surface area contributed by atoms with E-state index in [2.05, 4.69) is 22.1 Å². The number of carbonyl (C=O) groups excluding carboxylic acids is 1. The number of amides is 1. The Morgan fingerprint density at radius 1 is 1.16 bits per heavy atom. The summed E-state index contributed by atoms with van der Waals surface area (Å²) in [4.78, 5) is 22.5. The molecule has 166 valence electrons. The summed E-state index contributed by atoms with van der Waals surface area (Å²) in [5.74, 6) is 1.66. The molecule has 3 rings (SSSR count). The van der Waals surface area contributed by atoms with Gasteiger partial charge in [-0.2, -0.15) is 0 Å². The Morgan fingerprint density at radius 2 is 1.88 bits per heavy atom. The second-order valence-electron chi connectivity index (χ2n) is 6.56. The highest BCUT2D eigenvalue weighted by Crippen LogP contribution is 2.23. The van der Waals surface area contributed by atoms with E-state index in [-0.39, 0.29) is 23.2 Å². The average Bonchev–Trinajstić information content (AvgIpc) is 3.16. The van der Waals surface area contributed by atoms with Crippen LogP contribution in [0, 0.1) is 15.9 Å². The van der Waals surface area contributed by atoms with Gasteiger partial charge in [0.1, 0.15) is 11.6 Å². The average molecular weight is 474 g/mol. The lowest BCUT2D eigenvalue weighted by Crippen LogP contribution is -2.14. The molecule has 0 bridgehead atoms. The van der Waals surface area contributed by atoms with Crippen molar-refractivity contribution in [1.29, 1.82) is 0 Å². The Hall–Kier alpha value is -3.18. The summed E-state index contributed by atoms with van der Waals surface area (Å²) < 4.78 is 14.9. The molecular formula is C21H20FN5O3S2. The van der Waals surface area contributed by atoms with Crippen LogP contribution in [0.15, 0.2) is 66.3 Å². The molecule has 0 aliphatic heterocycles. The Labute approximate surface area is 192 Å². The first kappa shape index (κ1) is 23.5. The van der Waals surface area contributed by atoms with E-state index in [1.807, 2.05) is 4.57 Å². The second-order valence-corrected chi connectivity index (χ2v) is 8.49. The standard InChI is InChI=1S/C21H20FN5O3S2/c1-2-11-26-19(13-31-12-15-3-5-16(22)6-4-15)24-25-21(26)32-14-20(28)23-17-7-9-18(10-8-17)27(29)30/h2-10H,1,11-14H2,(H,23,28). The van der Waals surface area contributed by atoms with Crippen LogP contribution in [0.1, 0.15) is 11.4 Å². The molecule has 2 aromatic carbocycles. The molecule has 0 aliphatic rings. The molecule has 0 unspecified atom stereocenters. The van der Waals surface area contributed by atoms with Gasteiger partial charge in [-0.05, 0) is 29.8 Å². The van der Waals surface area contributed by atoms with E-state index in [9.17, 15) is 19.3 Å². The summed E-state index contributed by atoms with van der Waals surface area (Å²) in [6.07, 6.45) is 1.73. The van der Waals surface area contributed by atoms with Crippen LogP contribution in [0.3, 0.4) is 0 Å². The zero-order valence-electron chi connectivity index (χ0n) is 16.9. The van der Waals surface area contributed by atoms with Crippen LogP contribution in [0.25, 0.3) is 0 Å². The van der Waals surface area contributed by atoms with Crippen LogP contribution in [-0.4, -0.2) is 31.3 Å². The molecule has 0 saturated carbocycles. The summed E-state index contributed by atoms with van der Waals surface area (Å²) >= 11 is 2.88. The molecule has 0 radical (unpaired) electrons. The Bertz CT molecular complexity index is 1090. The fraction of sp³-hybridized carbons (Fsp3) is 0.190. The highest BCUT2D eigenvalue weighted by Gasteiger charge is 2.14. The highest BCUT2D eigenvalue weighted by atomic mass is 32.2. The minimum absolute atomic E-state index is 0.0419. The number of nitro groups is 1. The summed E-state index contributed by atoms with van der Waals surface area (Å²) in [6.45, 7) is 4.27. The van der Waals surface area contributed by atoms with Gasteiger partial charge >= 0.3 is 0 Å². The number of halogens is 1. The lowest BCUT2D eigenvalue weighted by atomic mass is 10.2. The molecule has 1 N–H and O–H groups in total. The van der Waals surface area contributed by atoms with Crippen LogP contribution in [-0.2, 0) is 22.8 Å². The summed E-state index contributed by atoms with van der Waals surface area (Å²) in [6, 6.07) is 12.0. The third-order valence-corrected chi connectivity index (χ3v) is 6.18. The Kier molecular flexibility index (Phi) is 8.40. The highest BCUT2D eigenvalue weighted by molar-refractivity contribution is 7.99. The fourth-order valence-corrected chi connectivity index (χ4v) is 4.37. The predicted octanol–water partition coefficient (Wildman–Crippen LogP) is 4.68. The van der Waals surface area contributed by atoms with Crippen molar-refractivity contribution in [1.82, 2.24) is 14.8 Å². The van der Waals surface area contributed by atoms with Crippen LogP contribution in [0.4, 0.5) is 15.8 Å². The number of benzene rings is 2. The third kappa shape index (κ3) is 6.66. The quantitative estimate of drug-likeness (QED) is 0.187. The molecule has 11 heteroatoms. The van der Waals surface area contributed by atoms with Gasteiger partial charge in [-0.25, -0.2) is 4.39 Å². The number of nitrogens with one attached hydrogen (secondary N) is 1. The summed E-state index contributed by atoms with van der Waals surface area (Å²) in [5, 5.41) is 22.4. The van der Waals surface area contributed by atoms with Crippen LogP contribution >= 0.6 is 23.5 Å². The second kappa shape index (κ2) is 11.4. The van der Waals surface area contributed by atoms with Gasteiger partial charge in [0.05, 0.1) is 16.4 Å². The maximum Gasteiger partial charge on any atom is 0.269 e. The zero-order chi connectivity index (χ0) is 22.9. The number of nitro benzene ring substituents is 1. The first-order chi connectivity index (χ1) is 15.5. The number of carbonyl (C=O) groups is 1. The van der Waals surface area contributed by atoms with Gasteiger partial charge in [0, 0.05) is 30.1 Å². The number of aromatic nitrogens is 3. The molecule has 1 amide bonds. The molecule has 0 saturated heterocycles. The van der Waals surface area contributed by atoms with Gasteiger partial charge in [-0.1, -0.05) is 30.0 Å². The monoisotopic (exact) mass is 473 g/mol. The smallest absolute Gasteiger partial charge is 0.269 e. The van der Waals surface area contributed by atoms with Gasteiger partial charge < -0.3 is 9.88 Å².